The first-order valence-electron chi connectivity index (χ1n) is 8.82. The molecule has 1 saturated carbocycles. The van der Waals surface area contributed by atoms with E-state index >= 15 is 0 Å². The molecule has 0 radical (unpaired) electrons. The van der Waals surface area contributed by atoms with Gasteiger partial charge in [-0.2, -0.15) is 0 Å². The Morgan fingerprint density at radius 3 is 2.38 bits per heavy atom. The molecule has 1 aliphatic heterocycles. The number of amides is 1. The van der Waals surface area contributed by atoms with Crippen molar-refractivity contribution in [2.75, 3.05) is 26.3 Å². The molecule has 2 aliphatic rings. The lowest BCUT2D eigenvalue weighted by atomic mass is 9.79. The number of rotatable bonds is 4. The number of morpholine rings is 1. The fourth-order valence-electron chi connectivity index (χ4n) is 3.48. The van der Waals surface area contributed by atoms with Crippen molar-refractivity contribution in [1.29, 1.82) is 0 Å². The van der Waals surface area contributed by atoms with Crippen molar-refractivity contribution >= 4 is 11.9 Å². The van der Waals surface area contributed by atoms with E-state index in [4.69, 9.17) is 9.47 Å². The lowest BCUT2D eigenvalue weighted by Crippen LogP contribution is -2.50. The lowest BCUT2D eigenvalue weighted by molar-refractivity contribution is -0.142. The van der Waals surface area contributed by atoms with Gasteiger partial charge in [-0.05, 0) is 31.2 Å². The second kappa shape index (κ2) is 7.79. The van der Waals surface area contributed by atoms with Crippen LogP contribution in [0.5, 0.6) is 0 Å². The summed E-state index contributed by atoms with van der Waals surface area (Å²) in [7, 11) is 0. The van der Waals surface area contributed by atoms with Gasteiger partial charge in [0.05, 0.1) is 13.2 Å². The molecule has 2 fully saturated rings. The van der Waals surface area contributed by atoms with E-state index in [0.717, 1.165) is 24.8 Å². The topological polar surface area (TPSA) is 55.8 Å². The molecule has 5 heteroatoms. The van der Waals surface area contributed by atoms with Gasteiger partial charge in [0, 0.05) is 19.5 Å². The van der Waals surface area contributed by atoms with Crippen molar-refractivity contribution in [3.8, 4) is 0 Å². The third-order valence-corrected chi connectivity index (χ3v) is 4.93. The monoisotopic (exact) mass is 331 g/mol. The van der Waals surface area contributed by atoms with E-state index in [-0.39, 0.29) is 11.9 Å². The van der Waals surface area contributed by atoms with Crippen molar-refractivity contribution < 1.29 is 19.1 Å². The van der Waals surface area contributed by atoms with Crippen molar-refractivity contribution in [3.05, 3.63) is 35.9 Å². The highest BCUT2D eigenvalue weighted by atomic mass is 16.6. The Bertz CT molecular complexity index is 560. The van der Waals surface area contributed by atoms with Gasteiger partial charge in [-0.25, -0.2) is 4.79 Å². The van der Waals surface area contributed by atoms with E-state index < -0.39 is 5.60 Å². The van der Waals surface area contributed by atoms with Gasteiger partial charge in [-0.3, -0.25) is 4.79 Å². The van der Waals surface area contributed by atoms with Crippen LogP contribution in [0.15, 0.2) is 30.3 Å². The van der Waals surface area contributed by atoms with Crippen LogP contribution in [0.3, 0.4) is 0 Å². The standard InChI is InChI=1S/C19H25NO4/c21-17(15-16-7-3-1-4-8-16)19(9-5-2-6-10-19)24-18(22)20-11-13-23-14-12-20/h1,3-4,7-8H,2,5-6,9-15H2. The molecule has 24 heavy (non-hydrogen) atoms. The van der Waals surface area contributed by atoms with Gasteiger partial charge in [-0.1, -0.05) is 36.8 Å². The van der Waals surface area contributed by atoms with Gasteiger partial charge in [0.2, 0.25) is 0 Å². The van der Waals surface area contributed by atoms with E-state index in [1.54, 1.807) is 4.90 Å². The predicted octanol–water partition coefficient (Wildman–Crippen LogP) is 2.97. The zero-order valence-corrected chi connectivity index (χ0v) is 14.0. The lowest BCUT2D eigenvalue weighted by Gasteiger charge is -2.37. The molecule has 1 saturated heterocycles. The molecule has 3 rings (SSSR count). The van der Waals surface area contributed by atoms with Gasteiger partial charge in [0.1, 0.15) is 0 Å². The van der Waals surface area contributed by atoms with Crippen LogP contribution >= 0.6 is 0 Å². The highest BCUT2D eigenvalue weighted by Crippen LogP contribution is 2.34. The smallest absolute Gasteiger partial charge is 0.410 e. The normalized spacial score (nSPS) is 20.4. The number of hydrogen-bond donors (Lipinski definition) is 0. The SMILES string of the molecule is O=C(OC1(C(=O)Cc2ccccc2)CCCCC1)N1CCOCC1. The molecule has 1 aromatic rings. The van der Waals surface area contributed by atoms with E-state index in [1.165, 1.54) is 0 Å². The fourth-order valence-corrected chi connectivity index (χ4v) is 3.48. The first-order chi connectivity index (χ1) is 11.7. The summed E-state index contributed by atoms with van der Waals surface area (Å²) in [6.07, 6.45) is 4.16. The number of ketones is 1. The summed E-state index contributed by atoms with van der Waals surface area (Å²) >= 11 is 0. The van der Waals surface area contributed by atoms with E-state index in [0.29, 0.717) is 45.6 Å². The number of carbonyl (C=O) groups is 2. The minimum Gasteiger partial charge on any atom is -0.435 e. The fraction of sp³-hybridized carbons (Fsp3) is 0.579. The van der Waals surface area contributed by atoms with Crippen molar-refractivity contribution in [3.63, 3.8) is 0 Å². The molecule has 0 aromatic heterocycles. The minimum absolute atomic E-state index is 0.0232. The summed E-state index contributed by atoms with van der Waals surface area (Å²) in [6.45, 7) is 2.11. The van der Waals surface area contributed by atoms with Crippen molar-refractivity contribution in [1.82, 2.24) is 4.90 Å². The number of hydrogen-bond acceptors (Lipinski definition) is 4. The quantitative estimate of drug-likeness (QED) is 0.851. The zero-order chi connectivity index (χ0) is 16.8. The molecule has 0 bridgehead atoms. The summed E-state index contributed by atoms with van der Waals surface area (Å²) in [4.78, 5) is 27.2. The van der Waals surface area contributed by atoms with Crippen LogP contribution < -0.4 is 0 Å². The molecule has 1 heterocycles. The number of carbonyl (C=O) groups excluding carboxylic acids is 2. The molecule has 1 aliphatic carbocycles. The number of ether oxygens (including phenoxy) is 2. The van der Waals surface area contributed by atoms with Crippen LogP contribution in [0.1, 0.15) is 37.7 Å². The summed E-state index contributed by atoms with van der Waals surface area (Å²) in [6, 6.07) is 9.67. The van der Waals surface area contributed by atoms with Crippen molar-refractivity contribution in [2.45, 2.75) is 44.1 Å². The molecular formula is C19H25NO4. The molecule has 0 N–H and O–H groups in total. The molecule has 130 valence electrons. The number of benzene rings is 1. The van der Waals surface area contributed by atoms with E-state index in [2.05, 4.69) is 0 Å². The molecule has 0 spiro atoms. The van der Waals surface area contributed by atoms with Crippen LogP contribution in [0.2, 0.25) is 0 Å². The maximum absolute atomic E-state index is 13.0. The Balaban J connectivity index is 1.71. The van der Waals surface area contributed by atoms with Gasteiger partial charge < -0.3 is 14.4 Å². The number of Topliss-reactive ketones (excluding diaryl/α,β-unsaturated/α-hetero) is 1. The predicted molar refractivity (Wildman–Crippen MR) is 89.8 cm³/mol. The molecule has 1 amide bonds. The Morgan fingerprint density at radius 1 is 1.04 bits per heavy atom. The van der Waals surface area contributed by atoms with Crippen LogP contribution in [0.25, 0.3) is 0 Å². The Kier molecular flexibility index (Phi) is 5.51. The zero-order valence-electron chi connectivity index (χ0n) is 14.0. The second-order valence-electron chi connectivity index (χ2n) is 6.61. The molecule has 5 nitrogen and oxygen atoms in total. The van der Waals surface area contributed by atoms with Crippen LogP contribution in [0.4, 0.5) is 4.79 Å². The largest absolute Gasteiger partial charge is 0.435 e. The van der Waals surface area contributed by atoms with Gasteiger partial charge in [0.15, 0.2) is 11.4 Å². The van der Waals surface area contributed by atoms with Crippen LogP contribution in [-0.2, 0) is 20.7 Å². The van der Waals surface area contributed by atoms with Gasteiger partial charge in [0.25, 0.3) is 0 Å². The second-order valence-corrected chi connectivity index (χ2v) is 6.61. The molecule has 1 aromatic carbocycles. The number of nitrogens with zero attached hydrogens (tertiary/aromatic N) is 1. The molecular weight excluding hydrogens is 306 g/mol. The van der Waals surface area contributed by atoms with E-state index in [1.807, 2.05) is 30.3 Å². The maximum atomic E-state index is 13.0. The highest BCUT2D eigenvalue weighted by molar-refractivity contribution is 5.91. The summed E-state index contributed by atoms with van der Waals surface area (Å²) in [5, 5.41) is 0. The first-order valence-corrected chi connectivity index (χ1v) is 8.82. The summed E-state index contributed by atoms with van der Waals surface area (Å²) < 4.78 is 11.1. The third-order valence-electron chi connectivity index (χ3n) is 4.93. The Labute approximate surface area is 142 Å². The maximum Gasteiger partial charge on any atom is 0.410 e. The molecule has 0 atom stereocenters. The Morgan fingerprint density at radius 2 is 1.71 bits per heavy atom. The van der Waals surface area contributed by atoms with Gasteiger partial charge >= 0.3 is 6.09 Å². The van der Waals surface area contributed by atoms with Gasteiger partial charge in [-0.15, -0.1) is 0 Å². The average Bonchev–Trinajstić information content (AvgIpc) is 2.64. The van der Waals surface area contributed by atoms with Crippen LogP contribution in [0, 0.1) is 0 Å². The average molecular weight is 331 g/mol. The molecule has 0 unspecified atom stereocenters. The van der Waals surface area contributed by atoms with E-state index in [9.17, 15) is 9.59 Å². The minimum atomic E-state index is -0.955. The Hall–Kier alpha value is -1.88. The van der Waals surface area contributed by atoms with Crippen LogP contribution in [-0.4, -0.2) is 48.7 Å². The third kappa shape index (κ3) is 3.96. The highest BCUT2D eigenvalue weighted by Gasteiger charge is 2.43. The van der Waals surface area contributed by atoms with Crippen molar-refractivity contribution in [2.24, 2.45) is 0 Å². The summed E-state index contributed by atoms with van der Waals surface area (Å²) in [5.41, 5.74) is 0.0126. The first kappa shape index (κ1) is 17.0. The summed E-state index contributed by atoms with van der Waals surface area (Å²) in [5.74, 6) is 0.0232.